The number of hydrogen-bond donors (Lipinski definition) is 1. The van der Waals surface area contributed by atoms with E-state index in [0.29, 0.717) is 24.2 Å². The molecule has 7 heteroatoms. The van der Waals surface area contributed by atoms with E-state index in [0.717, 1.165) is 25.1 Å². The molecule has 0 saturated carbocycles. The Labute approximate surface area is 133 Å². The van der Waals surface area contributed by atoms with Crippen molar-refractivity contribution in [2.75, 3.05) is 13.1 Å². The molecule has 0 amide bonds. The predicted octanol–water partition coefficient (Wildman–Crippen LogP) is 2.23. The van der Waals surface area contributed by atoms with Crippen LogP contribution in [0, 0.1) is 0 Å². The van der Waals surface area contributed by atoms with Crippen molar-refractivity contribution in [3.63, 3.8) is 0 Å². The molecule has 1 unspecified atom stereocenters. The van der Waals surface area contributed by atoms with Crippen LogP contribution in [0.25, 0.3) is 11.5 Å². The van der Waals surface area contributed by atoms with E-state index >= 15 is 0 Å². The molecule has 1 N–H and O–H groups in total. The molecule has 0 radical (unpaired) electrons. The largest absolute Gasteiger partial charge is 0.419 e. The SMILES string of the molecule is c1cncc(-c2nnc(CN3CCCC(c4ccn[nH]4)C3)o2)c1. The Hall–Kier alpha value is -2.54. The number of aromatic amines is 1. The summed E-state index contributed by atoms with van der Waals surface area (Å²) in [6.45, 7) is 2.71. The summed E-state index contributed by atoms with van der Waals surface area (Å²) in [6.07, 6.45) is 7.61. The summed E-state index contributed by atoms with van der Waals surface area (Å²) >= 11 is 0. The summed E-state index contributed by atoms with van der Waals surface area (Å²) in [4.78, 5) is 6.43. The Morgan fingerprint density at radius 2 is 2.26 bits per heavy atom. The van der Waals surface area contributed by atoms with Crippen molar-refractivity contribution < 1.29 is 4.42 Å². The number of rotatable bonds is 4. The zero-order valence-electron chi connectivity index (χ0n) is 12.7. The first-order chi connectivity index (χ1) is 11.4. The average molecular weight is 310 g/mol. The van der Waals surface area contributed by atoms with Crippen LogP contribution in [0.15, 0.2) is 41.2 Å². The average Bonchev–Trinajstić information content (AvgIpc) is 3.28. The Kier molecular flexibility index (Phi) is 3.85. The van der Waals surface area contributed by atoms with Gasteiger partial charge in [0, 0.05) is 36.7 Å². The zero-order valence-corrected chi connectivity index (χ0v) is 12.7. The first kappa shape index (κ1) is 14.1. The minimum absolute atomic E-state index is 0.493. The second kappa shape index (κ2) is 6.29. The highest BCUT2D eigenvalue weighted by Crippen LogP contribution is 2.26. The molecule has 118 valence electrons. The number of H-pyrrole nitrogens is 1. The number of piperidine rings is 1. The summed E-state index contributed by atoms with van der Waals surface area (Å²) in [6, 6.07) is 5.83. The lowest BCUT2D eigenvalue weighted by atomic mass is 9.95. The van der Waals surface area contributed by atoms with Gasteiger partial charge in [-0.25, -0.2) is 0 Å². The highest BCUT2D eigenvalue weighted by Gasteiger charge is 2.23. The quantitative estimate of drug-likeness (QED) is 0.795. The summed E-state index contributed by atoms with van der Waals surface area (Å²) in [5.74, 6) is 1.66. The van der Waals surface area contributed by atoms with Crippen LogP contribution in [0.1, 0.15) is 30.3 Å². The normalized spacial score (nSPS) is 19.0. The molecule has 3 aromatic heterocycles. The van der Waals surface area contributed by atoms with E-state index in [1.807, 2.05) is 18.3 Å². The van der Waals surface area contributed by atoms with Crippen LogP contribution in [-0.4, -0.2) is 43.4 Å². The highest BCUT2D eigenvalue weighted by molar-refractivity contribution is 5.49. The number of likely N-dealkylation sites (tertiary alicyclic amines) is 1. The lowest BCUT2D eigenvalue weighted by Gasteiger charge is -2.31. The molecule has 1 aliphatic heterocycles. The molecule has 23 heavy (non-hydrogen) atoms. The molecule has 7 nitrogen and oxygen atoms in total. The second-order valence-electron chi connectivity index (χ2n) is 5.83. The summed E-state index contributed by atoms with van der Waals surface area (Å²) in [5, 5.41) is 15.4. The highest BCUT2D eigenvalue weighted by atomic mass is 16.4. The molecule has 1 atom stereocenters. The van der Waals surface area contributed by atoms with Gasteiger partial charge >= 0.3 is 0 Å². The minimum atomic E-state index is 0.493. The van der Waals surface area contributed by atoms with E-state index in [9.17, 15) is 0 Å². The number of aromatic nitrogens is 5. The van der Waals surface area contributed by atoms with Crippen LogP contribution in [0.2, 0.25) is 0 Å². The standard InChI is InChI=1S/C16H18N6O/c1-3-12(9-17-6-1)16-21-20-15(23-16)11-22-8-2-4-13(10-22)14-5-7-18-19-14/h1,3,5-7,9,13H,2,4,8,10-11H2,(H,18,19). The van der Waals surface area contributed by atoms with Crippen LogP contribution in [0.3, 0.4) is 0 Å². The third kappa shape index (κ3) is 3.14. The summed E-state index contributed by atoms with van der Waals surface area (Å²) < 4.78 is 5.77. The van der Waals surface area contributed by atoms with E-state index in [1.54, 1.807) is 12.4 Å². The third-order valence-electron chi connectivity index (χ3n) is 4.20. The van der Waals surface area contributed by atoms with Crippen molar-refractivity contribution in [2.24, 2.45) is 0 Å². The Morgan fingerprint density at radius 3 is 3.09 bits per heavy atom. The van der Waals surface area contributed by atoms with E-state index < -0.39 is 0 Å². The van der Waals surface area contributed by atoms with Gasteiger partial charge in [0.15, 0.2) is 0 Å². The second-order valence-corrected chi connectivity index (χ2v) is 5.83. The van der Waals surface area contributed by atoms with E-state index in [2.05, 4.69) is 36.3 Å². The van der Waals surface area contributed by atoms with Crippen molar-refractivity contribution >= 4 is 0 Å². The zero-order chi connectivity index (χ0) is 15.5. The topological polar surface area (TPSA) is 83.7 Å². The molecule has 0 aromatic carbocycles. The fraction of sp³-hybridized carbons (Fsp3) is 0.375. The summed E-state index contributed by atoms with van der Waals surface area (Å²) in [7, 11) is 0. The number of nitrogens with one attached hydrogen (secondary N) is 1. The van der Waals surface area contributed by atoms with Crippen LogP contribution in [-0.2, 0) is 6.54 Å². The van der Waals surface area contributed by atoms with Gasteiger partial charge in [-0.3, -0.25) is 15.0 Å². The minimum Gasteiger partial charge on any atom is -0.419 e. The van der Waals surface area contributed by atoms with Crippen molar-refractivity contribution in [1.29, 1.82) is 0 Å². The van der Waals surface area contributed by atoms with Crippen molar-refractivity contribution in [2.45, 2.75) is 25.3 Å². The van der Waals surface area contributed by atoms with Gasteiger partial charge in [-0.05, 0) is 37.6 Å². The molecule has 1 fully saturated rings. The lowest BCUT2D eigenvalue weighted by molar-refractivity contribution is 0.182. The number of pyridine rings is 1. The molecular formula is C16H18N6O. The van der Waals surface area contributed by atoms with Crippen LogP contribution in [0.5, 0.6) is 0 Å². The van der Waals surface area contributed by atoms with Gasteiger partial charge in [0.1, 0.15) is 0 Å². The van der Waals surface area contributed by atoms with Gasteiger partial charge < -0.3 is 4.42 Å². The molecule has 1 aliphatic rings. The molecule has 0 aliphatic carbocycles. The Morgan fingerprint density at radius 1 is 1.26 bits per heavy atom. The first-order valence-corrected chi connectivity index (χ1v) is 7.83. The maximum Gasteiger partial charge on any atom is 0.249 e. The van der Waals surface area contributed by atoms with Crippen molar-refractivity contribution in [1.82, 2.24) is 30.3 Å². The number of hydrogen-bond acceptors (Lipinski definition) is 6. The van der Waals surface area contributed by atoms with Crippen LogP contribution in [0.4, 0.5) is 0 Å². The molecule has 0 spiro atoms. The first-order valence-electron chi connectivity index (χ1n) is 7.83. The van der Waals surface area contributed by atoms with Crippen molar-refractivity contribution in [3.05, 3.63) is 48.4 Å². The maximum atomic E-state index is 5.77. The molecule has 0 bridgehead atoms. The Balaban J connectivity index is 1.43. The van der Waals surface area contributed by atoms with E-state index in [1.165, 1.54) is 12.1 Å². The maximum absolute atomic E-state index is 5.77. The molecule has 1 saturated heterocycles. The smallest absolute Gasteiger partial charge is 0.249 e. The monoisotopic (exact) mass is 310 g/mol. The van der Waals surface area contributed by atoms with Gasteiger partial charge in [0.2, 0.25) is 11.8 Å². The van der Waals surface area contributed by atoms with E-state index in [-0.39, 0.29) is 0 Å². The van der Waals surface area contributed by atoms with Crippen LogP contribution >= 0.6 is 0 Å². The molecular weight excluding hydrogens is 292 g/mol. The third-order valence-corrected chi connectivity index (χ3v) is 4.20. The fourth-order valence-corrected chi connectivity index (χ4v) is 3.06. The van der Waals surface area contributed by atoms with Gasteiger partial charge in [-0.1, -0.05) is 0 Å². The molecule has 4 rings (SSSR count). The number of nitrogens with zero attached hydrogens (tertiary/aromatic N) is 5. The molecule has 4 heterocycles. The van der Waals surface area contributed by atoms with Gasteiger partial charge in [0.05, 0.1) is 12.1 Å². The Bertz CT molecular complexity index is 739. The molecule has 3 aromatic rings. The van der Waals surface area contributed by atoms with Gasteiger partial charge in [-0.2, -0.15) is 5.10 Å². The van der Waals surface area contributed by atoms with Crippen molar-refractivity contribution in [3.8, 4) is 11.5 Å². The predicted molar refractivity (Wildman–Crippen MR) is 83.4 cm³/mol. The fourth-order valence-electron chi connectivity index (χ4n) is 3.06. The van der Waals surface area contributed by atoms with Gasteiger partial charge in [0.25, 0.3) is 0 Å². The summed E-state index contributed by atoms with van der Waals surface area (Å²) in [5.41, 5.74) is 2.05. The lowest BCUT2D eigenvalue weighted by Crippen LogP contribution is -2.34. The van der Waals surface area contributed by atoms with Crippen LogP contribution < -0.4 is 0 Å². The van der Waals surface area contributed by atoms with E-state index in [4.69, 9.17) is 4.42 Å². The van der Waals surface area contributed by atoms with Gasteiger partial charge in [-0.15, -0.1) is 10.2 Å².